The van der Waals surface area contributed by atoms with Crippen LogP contribution >= 0.6 is 0 Å². The van der Waals surface area contributed by atoms with E-state index in [0.29, 0.717) is 26.1 Å². The van der Waals surface area contributed by atoms with Crippen molar-refractivity contribution in [2.75, 3.05) is 33.4 Å². The number of nitrogens with zero attached hydrogens (tertiary/aromatic N) is 1. The molecule has 5 nitrogen and oxygen atoms in total. The van der Waals surface area contributed by atoms with Gasteiger partial charge < -0.3 is 19.5 Å². The third kappa shape index (κ3) is 3.61. The number of amides is 1. The molecule has 1 N–H and O–H groups in total. The van der Waals surface area contributed by atoms with E-state index in [-0.39, 0.29) is 18.4 Å². The van der Waals surface area contributed by atoms with Crippen LogP contribution in [0.3, 0.4) is 0 Å². The Morgan fingerprint density at radius 2 is 2.00 bits per heavy atom. The van der Waals surface area contributed by atoms with E-state index in [1.165, 1.54) is 0 Å². The minimum Gasteiger partial charge on any atom is -0.497 e. The second-order valence-corrected chi connectivity index (χ2v) is 4.62. The van der Waals surface area contributed by atoms with Gasteiger partial charge in [-0.1, -0.05) is 0 Å². The van der Waals surface area contributed by atoms with Gasteiger partial charge in [-0.2, -0.15) is 0 Å². The van der Waals surface area contributed by atoms with Crippen LogP contribution < -0.4 is 9.47 Å². The van der Waals surface area contributed by atoms with Crippen LogP contribution in [0.1, 0.15) is 6.42 Å². The van der Waals surface area contributed by atoms with Gasteiger partial charge in [0.15, 0.2) is 0 Å². The molecule has 0 saturated carbocycles. The van der Waals surface area contributed by atoms with E-state index in [4.69, 9.17) is 14.6 Å². The molecule has 1 fully saturated rings. The number of benzene rings is 1. The van der Waals surface area contributed by atoms with E-state index < -0.39 is 0 Å². The quantitative estimate of drug-likeness (QED) is 0.830. The zero-order valence-electron chi connectivity index (χ0n) is 11.0. The molecule has 19 heavy (non-hydrogen) atoms. The maximum absolute atomic E-state index is 11.6. The molecule has 0 bridgehead atoms. The van der Waals surface area contributed by atoms with Crippen LogP contribution in [0.4, 0.5) is 0 Å². The summed E-state index contributed by atoms with van der Waals surface area (Å²) in [4.78, 5) is 13.4. The summed E-state index contributed by atoms with van der Waals surface area (Å²) in [6.45, 7) is 1.71. The van der Waals surface area contributed by atoms with Crippen LogP contribution in [0.25, 0.3) is 0 Å². The predicted octanol–water partition coefficient (Wildman–Crippen LogP) is 0.915. The normalized spacial score (nSPS) is 18.7. The first-order valence-electron chi connectivity index (χ1n) is 6.38. The Bertz CT molecular complexity index is 418. The van der Waals surface area contributed by atoms with Crippen molar-refractivity contribution >= 4 is 5.91 Å². The summed E-state index contributed by atoms with van der Waals surface area (Å²) in [5.74, 6) is 1.71. The maximum atomic E-state index is 11.6. The molecule has 1 saturated heterocycles. The van der Waals surface area contributed by atoms with E-state index >= 15 is 0 Å². The van der Waals surface area contributed by atoms with E-state index in [9.17, 15) is 4.79 Å². The zero-order valence-corrected chi connectivity index (χ0v) is 11.0. The van der Waals surface area contributed by atoms with E-state index in [1.807, 2.05) is 24.3 Å². The van der Waals surface area contributed by atoms with Crippen LogP contribution in [-0.4, -0.2) is 49.3 Å². The van der Waals surface area contributed by atoms with Crippen molar-refractivity contribution < 1.29 is 19.4 Å². The van der Waals surface area contributed by atoms with Gasteiger partial charge in [-0.05, 0) is 24.3 Å². The number of rotatable bonds is 6. The fourth-order valence-electron chi connectivity index (χ4n) is 2.14. The Hall–Kier alpha value is -1.75. The van der Waals surface area contributed by atoms with Crippen molar-refractivity contribution in [3.05, 3.63) is 24.3 Å². The number of hydrogen-bond acceptors (Lipinski definition) is 4. The summed E-state index contributed by atoms with van der Waals surface area (Å²) in [6, 6.07) is 7.33. The van der Waals surface area contributed by atoms with Crippen LogP contribution in [0.2, 0.25) is 0 Å². The van der Waals surface area contributed by atoms with Crippen LogP contribution in [0, 0.1) is 5.92 Å². The molecule has 1 aromatic carbocycles. The molecule has 2 rings (SSSR count). The number of aliphatic hydroxyl groups excluding tert-OH is 1. The molecule has 1 amide bonds. The largest absolute Gasteiger partial charge is 0.497 e. The minimum atomic E-state index is 0.0710. The van der Waals surface area contributed by atoms with Crippen molar-refractivity contribution in [2.24, 2.45) is 5.92 Å². The van der Waals surface area contributed by atoms with Gasteiger partial charge in [-0.25, -0.2) is 0 Å². The second kappa shape index (κ2) is 6.43. The molecule has 0 spiro atoms. The van der Waals surface area contributed by atoms with Gasteiger partial charge in [-0.15, -0.1) is 0 Å². The molecule has 1 heterocycles. The van der Waals surface area contributed by atoms with E-state index in [2.05, 4.69) is 0 Å². The lowest BCUT2D eigenvalue weighted by atomic mass is 10.1. The summed E-state index contributed by atoms with van der Waals surface area (Å²) in [7, 11) is 1.62. The lowest BCUT2D eigenvalue weighted by Gasteiger charge is -2.16. The number of ether oxygens (including phenoxy) is 2. The monoisotopic (exact) mass is 265 g/mol. The van der Waals surface area contributed by atoms with Gasteiger partial charge >= 0.3 is 0 Å². The first-order chi connectivity index (χ1) is 9.22. The topological polar surface area (TPSA) is 59.0 Å². The van der Waals surface area contributed by atoms with Crippen molar-refractivity contribution in [3.63, 3.8) is 0 Å². The molecule has 0 aromatic heterocycles. The molecule has 1 unspecified atom stereocenters. The second-order valence-electron chi connectivity index (χ2n) is 4.62. The highest BCUT2D eigenvalue weighted by atomic mass is 16.5. The molecule has 1 aliphatic heterocycles. The molecule has 104 valence electrons. The van der Waals surface area contributed by atoms with Crippen LogP contribution in [0.15, 0.2) is 24.3 Å². The molecular formula is C14H19NO4. The number of hydrogen-bond donors (Lipinski definition) is 1. The lowest BCUT2D eigenvalue weighted by Crippen LogP contribution is -2.30. The highest BCUT2D eigenvalue weighted by Crippen LogP contribution is 2.18. The van der Waals surface area contributed by atoms with Crippen LogP contribution in [0.5, 0.6) is 11.5 Å². The fraction of sp³-hybridized carbons (Fsp3) is 0.500. The molecular weight excluding hydrogens is 246 g/mol. The smallest absolute Gasteiger partial charge is 0.223 e. The standard InChI is InChI=1S/C14H19NO4/c1-18-12-2-4-13(5-3-12)19-7-6-15-9-11(10-16)8-14(15)17/h2-5,11,16H,6-10H2,1H3. The summed E-state index contributed by atoms with van der Waals surface area (Å²) in [5, 5.41) is 9.03. The van der Waals surface area contributed by atoms with Crippen molar-refractivity contribution in [1.82, 2.24) is 4.90 Å². The Morgan fingerprint density at radius 3 is 2.58 bits per heavy atom. The highest BCUT2D eigenvalue weighted by molar-refractivity contribution is 5.78. The molecule has 1 aliphatic rings. The number of methoxy groups -OCH3 is 1. The van der Waals surface area contributed by atoms with Crippen molar-refractivity contribution in [1.29, 1.82) is 0 Å². The SMILES string of the molecule is COc1ccc(OCCN2CC(CO)CC2=O)cc1. The van der Waals surface area contributed by atoms with Gasteiger partial charge in [0, 0.05) is 25.5 Å². The number of likely N-dealkylation sites (tertiary alicyclic amines) is 1. The highest BCUT2D eigenvalue weighted by Gasteiger charge is 2.28. The average molecular weight is 265 g/mol. The van der Waals surface area contributed by atoms with Gasteiger partial charge in [0.25, 0.3) is 0 Å². The molecule has 1 aromatic rings. The number of carbonyl (C=O) groups is 1. The molecule has 1 atom stereocenters. The van der Waals surface area contributed by atoms with Gasteiger partial charge in [-0.3, -0.25) is 4.79 Å². The first kappa shape index (κ1) is 13.7. The van der Waals surface area contributed by atoms with Gasteiger partial charge in [0.1, 0.15) is 18.1 Å². The molecule has 0 radical (unpaired) electrons. The summed E-state index contributed by atoms with van der Waals surface area (Å²) in [6.07, 6.45) is 0.443. The average Bonchev–Trinajstić information content (AvgIpc) is 2.80. The van der Waals surface area contributed by atoms with E-state index in [1.54, 1.807) is 12.0 Å². The Balaban J connectivity index is 1.75. The molecule has 5 heteroatoms. The minimum absolute atomic E-state index is 0.0710. The first-order valence-corrected chi connectivity index (χ1v) is 6.38. The zero-order chi connectivity index (χ0) is 13.7. The molecule has 0 aliphatic carbocycles. The third-order valence-electron chi connectivity index (χ3n) is 3.24. The van der Waals surface area contributed by atoms with Gasteiger partial charge in [0.2, 0.25) is 5.91 Å². The van der Waals surface area contributed by atoms with Crippen molar-refractivity contribution in [2.45, 2.75) is 6.42 Å². The predicted molar refractivity (Wildman–Crippen MR) is 70.3 cm³/mol. The van der Waals surface area contributed by atoms with E-state index in [0.717, 1.165) is 11.5 Å². The number of carbonyl (C=O) groups excluding carboxylic acids is 1. The Labute approximate surface area is 112 Å². The third-order valence-corrected chi connectivity index (χ3v) is 3.24. The summed E-state index contributed by atoms with van der Waals surface area (Å²) in [5.41, 5.74) is 0. The summed E-state index contributed by atoms with van der Waals surface area (Å²) < 4.78 is 10.6. The Kier molecular flexibility index (Phi) is 4.63. The summed E-state index contributed by atoms with van der Waals surface area (Å²) >= 11 is 0. The Morgan fingerprint density at radius 1 is 1.32 bits per heavy atom. The van der Waals surface area contributed by atoms with Gasteiger partial charge in [0.05, 0.1) is 13.7 Å². The van der Waals surface area contributed by atoms with Crippen LogP contribution in [-0.2, 0) is 4.79 Å². The fourth-order valence-corrected chi connectivity index (χ4v) is 2.14. The lowest BCUT2D eigenvalue weighted by molar-refractivity contribution is -0.128. The number of aliphatic hydroxyl groups is 1. The maximum Gasteiger partial charge on any atom is 0.223 e. The van der Waals surface area contributed by atoms with Crippen molar-refractivity contribution in [3.8, 4) is 11.5 Å².